The van der Waals surface area contributed by atoms with Crippen molar-refractivity contribution in [1.82, 2.24) is 19.7 Å². The van der Waals surface area contributed by atoms with E-state index < -0.39 is 0 Å². The Hall–Kier alpha value is -3.71. The van der Waals surface area contributed by atoms with E-state index in [4.69, 9.17) is 0 Å². The molecule has 0 fully saturated rings. The molecule has 1 atom stereocenters. The van der Waals surface area contributed by atoms with E-state index in [2.05, 4.69) is 27.1 Å². The molecule has 2 aromatic carbocycles. The molecule has 7 heteroatoms. The first-order chi connectivity index (χ1) is 15.7. The number of carbonyl (C=O) groups is 1. The zero-order valence-corrected chi connectivity index (χ0v) is 18.5. The number of pyridine rings is 1. The van der Waals surface area contributed by atoms with Gasteiger partial charge >= 0.3 is 0 Å². The second-order valence-electron chi connectivity index (χ2n) is 7.10. The second kappa shape index (κ2) is 10.1. The molecule has 0 radical (unpaired) electrons. The summed E-state index contributed by atoms with van der Waals surface area (Å²) in [5, 5.41) is 12.0. The van der Waals surface area contributed by atoms with Crippen LogP contribution >= 0.6 is 11.8 Å². The molecule has 0 saturated heterocycles. The highest BCUT2D eigenvalue weighted by molar-refractivity contribution is 8.00. The van der Waals surface area contributed by atoms with Gasteiger partial charge in [-0.2, -0.15) is 0 Å². The van der Waals surface area contributed by atoms with Gasteiger partial charge in [-0.05, 0) is 30.7 Å². The summed E-state index contributed by atoms with van der Waals surface area (Å²) in [5.74, 6) is 0.619. The molecule has 2 aromatic heterocycles. The Morgan fingerprint density at radius 1 is 1.03 bits per heavy atom. The van der Waals surface area contributed by atoms with E-state index in [0.717, 1.165) is 28.2 Å². The summed E-state index contributed by atoms with van der Waals surface area (Å²) < 4.78 is 1.95. The number of para-hydroxylation sites is 1. The van der Waals surface area contributed by atoms with Crippen LogP contribution < -0.4 is 5.32 Å². The quantitative estimate of drug-likeness (QED) is 0.296. The number of anilines is 1. The van der Waals surface area contributed by atoms with E-state index in [1.54, 1.807) is 18.5 Å². The van der Waals surface area contributed by atoms with E-state index in [0.29, 0.717) is 11.7 Å². The second-order valence-corrected chi connectivity index (χ2v) is 8.41. The van der Waals surface area contributed by atoms with Crippen molar-refractivity contribution in [2.75, 3.05) is 5.32 Å². The molecule has 1 amide bonds. The number of thioether (sulfide) groups is 1. The van der Waals surface area contributed by atoms with Gasteiger partial charge in [0.15, 0.2) is 11.0 Å². The molecular weight excluding hydrogens is 418 g/mol. The van der Waals surface area contributed by atoms with Crippen molar-refractivity contribution in [3.8, 4) is 22.5 Å². The normalized spacial score (nSPS) is 11.7. The molecule has 1 unspecified atom stereocenters. The van der Waals surface area contributed by atoms with E-state index in [-0.39, 0.29) is 11.2 Å². The van der Waals surface area contributed by atoms with Crippen LogP contribution in [0.15, 0.2) is 96.9 Å². The Bertz CT molecular complexity index is 1210. The number of hydrogen-bond acceptors (Lipinski definition) is 5. The SMILES string of the molecule is C=CCn1c(SC(C)C(=O)Nc2ccccc2-c2ccccc2)nnc1-c1ccncc1. The number of hydrogen-bond donors (Lipinski definition) is 1. The lowest BCUT2D eigenvalue weighted by molar-refractivity contribution is -0.115. The molecule has 2 heterocycles. The van der Waals surface area contributed by atoms with Crippen molar-refractivity contribution in [1.29, 1.82) is 0 Å². The van der Waals surface area contributed by atoms with Crippen LogP contribution in [0, 0.1) is 0 Å². The lowest BCUT2D eigenvalue weighted by atomic mass is 10.0. The molecular formula is C25H23N5OS. The van der Waals surface area contributed by atoms with Gasteiger partial charge in [0, 0.05) is 35.8 Å². The Balaban J connectivity index is 1.53. The Kier molecular flexibility index (Phi) is 6.77. The minimum absolute atomic E-state index is 0.100. The number of rotatable bonds is 8. The summed E-state index contributed by atoms with van der Waals surface area (Å²) in [6.45, 7) is 6.25. The standard InChI is InChI=1S/C25H23N5OS/c1-3-17-30-23(20-13-15-26-16-14-20)28-29-25(30)32-18(2)24(31)27-22-12-8-7-11-21(22)19-9-5-4-6-10-19/h3-16,18H,1,17H2,2H3,(H,27,31). The minimum Gasteiger partial charge on any atom is -0.325 e. The lowest BCUT2D eigenvalue weighted by Crippen LogP contribution is -2.23. The Morgan fingerprint density at radius 2 is 1.75 bits per heavy atom. The third kappa shape index (κ3) is 4.78. The molecule has 1 N–H and O–H groups in total. The van der Waals surface area contributed by atoms with Crippen LogP contribution in [0.25, 0.3) is 22.5 Å². The topological polar surface area (TPSA) is 72.7 Å². The van der Waals surface area contributed by atoms with Gasteiger partial charge in [-0.3, -0.25) is 14.3 Å². The number of amides is 1. The maximum atomic E-state index is 13.0. The molecule has 0 bridgehead atoms. The fraction of sp³-hybridized carbons (Fsp3) is 0.120. The first-order valence-electron chi connectivity index (χ1n) is 10.2. The number of aromatic nitrogens is 4. The average molecular weight is 442 g/mol. The molecule has 0 saturated carbocycles. The number of nitrogens with one attached hydrogen (secondary N) is 1. The third-order valence-electron chi connectivity index (χ3n) is 4.89. The summed E-state index contributed by atoms with van der Waals surface area (Å²) in [7, 11) is 0. The van der Waals surface area contributed by atoms with Crippen molar-refractivity contribution < 1.29 is 4.79 Å². The van der Waals surface area contributed by atoms with Gasteiger partial charge in [-0.1, -0.05) is 66.4 Å². The fourth-order valence-electron chi connectivity index (χ4n) is 3.29. The van der Waals surface area contributed by atoms with Gasteiger partial charge in [-0.15, -0.1) is 16.8 Å². The van der Waals surface area contributed by atoms with E-state index in [1.165, 1.54) is 11.8 Å². The zero-order valence-electron chi connectivity index (χ0n) is 17.7. The third-order valence-corrected chi connectivity index (χ3v) is 5.97. The number of allylic oxidation sites excluding steroid dienone is 1. The number of nitrogens with zero attached hydrogens (tertiary/aromatic N) is 4. The van der Waals surface area contributed by atoms with Crippen LogP contribution in [-0.2, 0) is 11.3 Å². The number of carbonyl (C=O) groups excluding carboxylic acids is 1. The predicted octanol–water partition coefficient (Wildman–Crippen LogP) is 5.31. The highest BCUT2D eigenvalue weighted by Crippen LogP contribution is 2.30. The van der Waals surface area contributed by atoms with Crippen molar-refractivity contribution in [2.45, 2.75) is 23.9 Å². The van der Waals surface area contributed by atoms with Crippen LogP contribution in [0.3, 0.4) is 0 Å². The van der Waals surface area contributed by atoms with Crippen molar-refractivity contribution >= 4 is 23.4 Å². The van der Waals surface area contributed by atoms with Gasteiger partial charge in [0.1, 0.15) is 0 Å². The predicted molar refractivity (Wildman–Crippen MR) is 129 cm³/mol. The summed E-state index contributed by atoms with van der Waals surface area (Å²) in [6, 6.07) is 21.6. The van der Waals surface area contributed by atoms with Gasteiger partial charge < -0.3 is 5.32 Å². The molecule has 4 rings (SSSR count). The lowest BCUT2D eigenvalue weighted by Gasteiger charge is -2.15. The van der Waals surface area contributed by atoms with Gasteiger partial charge in [0.2, 0.25) is 5.91 Å². The average Bonchev–Trinajstić information content (AvgIpc) is 3.23. The Labute approximate surface area is 191 Å². The fourth-order valence-corrected chi connectivity index (χ4v) is 4.15. The molecule has 0 aliphatic carbocycles. The summed E-state index contributed by atoms with van der Waals surface area (Å²) in [6.07, 6.45) is 5.23. The first kappa shape index (κ1) is 21.5. The molecule has 0 spiro atoms. The summed E-state index contributed by atoms with van der Waals surface area (Å²) in [4.78, 5) is 17.1. The van der Waals surface area contributed by atoms with Crippen LogP contribution in [0.4, 0.5) is 5.69 Å². The molecule has 0 aliphatic heterocycles. The zero-order chi connectivity index (χ0) is 22.3. The molecule has 4 aromatic rings. The van der Waals surface area contributed by atoms with Gasteiger partial charge in [0.05, 0.1) is 5.25 Å². The first-order valence-corrected chi connectivity index (χ1v) is 11.1. The van der Waals surface area contributed by atoms with Gasteiger partial charge in [-0.25, -0.2) is 0 Å². The van der Waals surface area contributed by atoms with Crippen LogP contribution in [-0.4, -0.2) is 30.9 Å². The maximum absolute atomic E-state index is 13.0. The van der Waals surface area contributed by atoms with E-state index >= 15 is 0 Å². The van der Waals surface area contributed by atoms with Crippen molar-refractivity contribution in [3.05, 3.63) is 91.8 Å². The summed E-state index contributed by atoms with van der Waals surface area (Å²) in [5.41, 5.74) is 3.72. The van der Waals surface area contributed by atoms with Gasteiger partial charge in [0.25, 0.3) is 0 Å². The van der Waals surface area contributed by atoms with Crippen LogP contribution in [0.5, 0.6) is 0 Å². The molecule has 160 valence electrons. The number of benzene rings is 2. The highest BCUT2D eigenvalue weighted by Gasteiger charge is 2.21. The highest BCUT2D eigenvalue weighted by atomic mass is 32.2. The summed E-state index contributed by atoms with van der Waals surface area (Å²) >= 11 is 1.37. The molecule has 0 aliphatic rings. The van der Waals surface area contributed by atoms with Crippen molar-refractivity contribution in [2.24, 2.45) is 0 Å². The van der Waals surface area contributed by atoms with E-state index in [1.807, 2.05) is 78.2 Å². The maximum Gasteiger partial charge on any atom is 0.237 e. The van der Waals surface area contributed by atoms with Crippen LogP contribution in [0.2, 0.25) is 0 Å². The largest absolute Gasteiger partial charge is 0.325 e. The van der Waals surface area contributed by atoms with Crippen LogP contribution in [0.1, 0.15) is 6.92 Å². The molecule has 6 nitrogen and oxygen atoms in total. The monoisotopic (exact) mass is 441 g/mol. The Morgan fingerprint density at radius 3 is 2.50 bits per heavy atom. The van der Waals surface area contributed by atoms with Crippen molar-refractivity contribution in [3.63, 3.8) is 0 Å². The minimum atomic E-state index is -0.378. The molecule has 32 heavy (non-hydrogen) atoms. The smallest absolute Gasteiger partial charge is 0.237 e. The van der Waals surface area contributed by atoms with E-state index in [9.17, 15) is 4.79 Å².